The quantitative estimate of drug-likeness (QED) is 0.635. The molecule has 0 aromatic rings. The maximum absolute atomic E-state index is 11.4. The third-order valence-electron chi connectivity index (χ3n) is 4.16. The summed E-state index contributed by atoms with van der Waals surface area (Å²) in [6.07, 6.45) is 3.06. The Kier molecular flexibility index (Phi) is 1.77. The van der Waals surface area contributed by atoms with Crippen molar-refractivity contribution >= 4 is 5.78 Å². The van der Waals surface area contributed by atoms with Crippen LogP contribution in [0.25, 0.3) is 0 Å². The lowest BCUT2D eigenvalue weighted by atomic mass is 9.83. The van der Waals surface area contributed by atoms with Gasteiger partial charge in [0, 0.05) is 18.3 Å². The molecule has 0 radical (unpaired) electrons. The molecule has 3 rings (SSSR count). The SMILES string of the molecule is CC(=O)[C@@H]1C[C@H]2C[C@@H]1CC21OCCO1. The molecule has 0 amide bonds. The van der Waals surface area contributed by atoms with Gasteiger partial charge in [-0.1, -0.05) is 0 Å². The molecule has 3 fully saturated rings. The molecule has 0 N–H and O–H groups in total. The van der Waals surface area contributed by atoms with E-state index in [2.05, 4.69) is 0 Å². The molecule has 2 aliphatic carbocycles. The summed E-state index contributed by atoms with van der Waals surface area (Å²) < 4.78 is 11.5. The van der Waals surface area contributed by atoms with Crippen LogP contribution in [0.15, 0.2) is 0 Å². The number of Topliss-reactive ketones (excluding diaryl/α,β-unsaturated/α-hetero) is 1. The van der Waals surface area contributed by atoms with Gasteiger partial charge >= 0.3 is 0 Å². The molecule has 78 valence electrons. The zero-order valence-corrected chi connectivity index (χ0v) is 8.49. The van der Waals surface area contributed by atoms with Crippen molar-refractivity contribution in [2.24, 2.45) is 17.8 Å². The third kappa shape index (κ3) is 1.03. The molecule has 2 saturated carbocycles. The summed E-state index contributed by atoms with van der Waals surface area (Å²) in [7, 11) is 0. The van der Waals surface area contributed by atoms with Gasteiger partial charge in [0.25, 0.3) is 0 Å². The average Bonchev–Trinajstić information content (AvgIpc) is 2.79. The average molecular weight is 196 g/mol. The van der Waals surface area contributed by atoms with Crippen LogP contribution >= 0.6 is 0 Å². The van der Waals surface area contributed by atoms with Gasteiger partial charge in [0.2, 0.25) is 0 Å². The lowest BCUT2D eigenvalue weighted by Crippen LogP contribution is -2.39. The Balaban J connectivity index is 1.79. The monoisotopic (exact) mass is 196 g/mol. The molecule has 14 heavy (non-hydrogen) atoms. The first-order valence-corrected chi connectivity index (χ1v) is 5.50. The highest BCUT2D eigenvalue weighted by Crippen LogP contribution is 2.57. The van der Waals surface area contributed by atoms with Crippen molar-refractivity contribution in [1.29, 1.82) is 0 Å². The Hall–Kier alpha value is -0.410. The topological polar surface area (TPSA) is 35.5 Å². The molecule has 2 bridgehead atoms. The van der Waals surface area contributed by atoms with Gasteiger partial charge in [-0.2, -0.15) is 0 Å². The van der Waals surface area contributed by atoms with Crippen LogP contribution in [-0.2, 0) is 14.3 Å². The highest BCUT2D eigenvalue weighted by Gasteiger charge is 2.59. The Bertz CT molecular complexity index is 268. The molecule has 0 unspecified atom stereocenters. The summed E-state index contributed by atoms with van der Waals surface area (Å²) in [4.78, 5) is 11.4. The summed E-state index contributed by atoms with van der Waals surface area (Å²) in [5.41, 5.74) is 0. The van der Waals surface area contributed by atoms with E-state index in [9.17, 15) is 4.79 Å². The van der Waals surface area contributed by atoms with E-state index in [1.165, 1.54) is 0 Å². The highest BCUT2D eigenvalue weighted by molar-refractivity contribution is 5.79. The molecule has 0 aromatic carbocycles. The number of carbonyl (C=O) groups excluding carboxylic acids is 1. The van der Waals surface area contributed by atoms with Crippen molar-refractivity contribution < 1.29 is 14.3 Å². The molecule has 3 heteroatoms. The van der Waals surface area contributed by atoms with Crippen molar-refractivity contribution in [3.63, 3.8) is 0 Å². The molecule has 1 spiro atoms. The second-order valence-electron chi connectivity index (χ2n) is 4.86. The summed E-state index contributed by atoms with van der Waals surface area (Å²) in [5, 5.41) is 0. The van der Waals surface area contributed by atoms with Crippen molar-refractivity contribution in [1.82, 2.24) is 0 Å². The molecule has 1 saturated heterocycles. The second kappa shape index (κ2) is 2.80. The van der Waals surface area contributed by atoms with Crippen molar-refractivity contribution in [3.8, 4) is 0 Å². The van der Waals surface area contributed by atoms with E-state index >= 15 is 0 Å². The van der Waals surface area contributed by atoms with Gasteiger partial charge in [-0.15, -0.1) is 0 Å². The summed E-state index contributed by atoms with van der Waals surface area (Å²) >= 11 is 0. The number of carbonyl (C=O) groups is 1. The zero-order chi connectivity index (χ0) is 9.76. The van der Waals surface area contributed by atoms with Gasteiger partial charge in [-0.3, -0.25) is 4.79 Å². The predicted octanol–water partition coefficient (Wildman–Crippen LogP) is 1.36. The zero-order valence-electron chi connectivity index (χ0n) is 8.49. The Labute approximate surface area is 83.8 Å². The van der Waals surface area contributed by atoms with E-state index in [1.54, 1.807) is 6.92 Å². The molecule has 1 heterocycles. The Morgan fingerprint density at radius 2 is 2.00 bits per heavy atom. The van der Waals surface area contributed by atoms with E-state index in [-0.39, 0.29) is 5.79 Å². The molecule has 1 aliphatic heterocycles. The molecular weight excluding hydrogens is 180 g/mol. The van der Waals surface area contributed by atoms with Crippen molar-refractivity contribution in [2.45, 2.75) is 32.0 Å². The maximum atomic E-state index is 11.4. The molecular formula is C11H16O3. The lowest BCUT2D eigenvalue weighted by Gasteiger charge is -2.34. The molecule has 3 atom stereocenters. The number of ketones is 1. The maximum Gasteiger partial charge on any atom is 0.171 e. The van der Waals surface area contributed by atoms with E-state index < -0.39 is 0 Å². The smallest absolute Gasteiger partial charge is 0.171 e. The first kappa shape index (κ1) is 8.86. The fourth-order valence-electron chi connectivity index (χ4n) is 3.56. The van der Waals surface area contributed by atoms with Crippen LogP contribution in [0, 0.1) is 17.8 Å². The molecule has 3 nitrogen and oxygen atoms in total. The fourth-order valence-corrected chi connectivity index (χ4v) is 3.56. The highest BCUT2D eigenvalue weighted by atomic mass is 16.7. The number of hydrogen-bond donors (Lipinski definition) is 0. The minimum Gasteiger partial charge on any atom is -0.347 e. The minimum atomic E-state index is -0.281. The van der Waals surface area contributed by atoms with Crippen LogP contribution in [0.1, 0.15) is 26.2 Å². The van der Waals surface area contributed by atoms with Gasteiger partial charge in [-0.25, -0.2) is 0 Å². The summed E-state index contributed by atoms with van der Waals surface area (Å²) in [5.74, 6) is 1.36. The molecule has 3 aliphatic rings. The normalized spacial score (nSPS) is 43.6. The third-order valence-corrected chi connectivity index (χ3v) is 4.16. The van der Waals surface area contributed by atoms with Crippen LogP contribution in [0.2, 0.25) is 0 Å². The standard InChI is InChI=1S/C11H16O3/c1-7(12)10-5-9-4-8(10)6-11(9)13-2-3-14-11/h8-10H,2-6H2,1H3/t8-,9-,10+/m1/s1. The summed E-state index contributed by atoms with van der Waals surface area (Å²) in [6, 6.07) is 0. The first-order chi connectivity index (χ1) is 6.71. The van der Waals surface area contributed by atoms with Gasteiger partial charge < -0.3 is 9.47 Å². The predicted molar refractivity (Wildman–Crippen MR) is 49.6 cm³/mol. The van der Waals surface area contributed by atoms with Gasteiger partial charge in [0.15, 0.2) is 5.79 Å². The number of fused-ring (bicyclic) bond motifs is 3. The Morgan fingerprint density at radius 3 is 2.50 bits per heavy atom. The second-order valence-corrected chi connectivity index (χ2v) is 4.86. The van der Waals surface area contributed by atoms with Crippen LogP contribution in [0.5, 0.6) is 0 Å². The van der Waals surface area contributed by atoms with Gasteiger partial charge in [0.1, 0.15) is 5.78 Å². The van der Waals surface area contributed by atoms with Gasteiger partial charge in [0.05, 0.1) is 13.2 Å². The number of hydrogen-bond acceptors (Lipinski definition) is 3. The van der Waals surface area contributed by atoms with E-state index in [1.807, 2.05) is 0 Å². The first-order valence-electron chi connectivity index (χ1n) is 5.50. The number of ether oxygens (including phenoxy) is 2. The lowest BCUT2D eigenvalue weighted by molar-refractivity contribution is -0.194. The van der Waals surface area contributed by atoms with Crippen LogP contribution in [0.3, 0.4) is 0 Å². The van der Waals surface area contributed by atoms with Crippen LogP contribution < -0.4 is 0 Å². The van der Waals surface area contributed by atoms with Crippen LogP contribution in [0.4, 0.5) is 0 Å². The fraction of sp³-hybridized carbons (Fsp3) is 0.909. The summed E-state index contributed by atoms with van der Waals surface area (Å²) in [6.45, 7) is 3.18. The Morgan fingerprint density at radius 1 is 1.29 bits per heavy atom. The molecule has 0 aromatic heterocycles. The van der Waals surface area contributed by atoms with Crippen LogP contribution in [-0.4, -0.2) is 24.8 Å². The van der Waals surface area contributed by atoms with E-state index in [0.717, 1.165) is 32.5 Å². The van der Waals surface area contributed by atoms with Gasteiger partial charge in [-0.05, 0) is 25.7 Å². The van der Waals surface area contributed by atoms with Crippen molar-refractivity contribution in [2.75, 3.05) is 13.2 Å². The van der Waals surface area contributed by atoms with Crippen molar-refractivity contribution in [3.05, 3.63) is 0 Å². The van der Waals surface area contributed by atoms with E-state index in [4.69, 9.17) is 9.47 Å². The number of rotatable bonds is 1. The largest absolute Gasteiger partial charge is 0.347 e. The van der Waals surface area contributed by atoms with E-state index in [0.29, 0.717) is 23.5 Å². The minimum absolute atomic E-state index is 0.281.